The molecule has 0 saturated heterocycles. The second-order valence-electron chi connectivity index (χ2n) is 15.8. The number of pyridine rings is 2. The van der Waals surface area contributed by atoms with Crippen molar-refractivity contribution in [2.24, 2.45) is 0 Å². The summed E-state index contributed by atoms with van der Waals surface area (Å²) in [4.78, 5) is 26.1. The van der Waals surface area contributed by atoms with Gasteiger partial charge in [-0.2, -0.15) is 30.1 Å². The Balaban J connectivity index is 0.000000166. The molecule has 0 fully saturated rings. The van der Waals surface area contributed by atoms with Crippen LogP contribution in [-0.2, 0) is 26.2 Å². The van der Waals surface area contributed by atoms with Crippen LogP contribution in [0.3, 0.4) is 0 Å². The van der Waals surface area contributed by atoms with Crippen molar-refractivity contribution < 1.29 is 8.78 Å². The zero-order chi connectivity index (χ0) is 46.2. The normalized spacial score (nSPS) is 11.4. The molecule has 0 bridgehead atoms. The quantitative estimate of drug-likeness (QED) is 0.127. The highest BCUT2D eigenvalue weighted by Gasteiger charge is 2.17. The van der Waals surface area contributed by atoms with Crippen LogP contribution in [0.25, 0.3) is 43.9 Å². The molecule has 0 unspecified atom stereocenters. The Hall–Kier alpha value is -6.58. The fourth-order valence-corrected chi connectivity index (χ4v) is 8.38. The molecule has 0 saturated carbocycles. The smallest absolute Gasteiger partial charge is 0.226 e. The lowest BCUT2D eigenvalue weighted by Crippen LogP contribution is -2.06. The fraction of sp³-hybridized carbons (Fsp3) is 0.167. The van der Waals surface area contributed by atoms with Crippen molar-refractivity contribution in [1.82, 2.24) is 49.5 Å². The van der Waals surface area contributed by atoms with Gasteiger partial charge < -0.3 is 10.6 Å². The van der Waals surface area contributed by atoms with Crippen molar-refractivity contribution in [2.45, 2.75) is 53.9 Å². The van der Waals surface area contributed by atoms with E-state index in [9.17, 15) is 8.78 Å². The van der Waals surface area contributed by atoms with E-state index in [2.05, 4.69) is 81.9 Å². The molecule has 6 heterocycles. The van der Waals surface area contributed by atoms with Crippen LogP contribution in [0.5, 0.6) is 0 Å². The van der Waals surface area contributed by atoms with Crippen molar-refractivity contribution in [3.63, 3.8) is 0 Å². The zero-order valence-electron chi connectivity index (χ0n) is 35.8. The second kappa shape index (κ2) is 18.7. The van der Waals surface area contributed by atoms with Crippen molar-refractivity contribution in [2.75, 3.05) is 10.6 Å². The molecule has 10 aromatic rings. The molecule has 4 aromatic carbocycles. The predicted molar refractivity (Wildman–Crippen MR) is 259 cm³/mol. The third-order valence-corrected chi connectivity index (χ3v) is 12.1. The Labute approximate surface area is 397 Å². The van der Waals surface area contributed by atoms with E-state index in [0.717, 1.165) is 38.5 Å². The Kier molecular flexibility index (Phi) is 12.7. The molecular formula is C48H38Cl4F2N12. The van der Waals surface area contributed by atoms with Crippen molar-refractivity contribution >= 4 is 102 Å². The van der Waals surface area contributed by atoms with Gasteiger partial charge in [0, 0.05) is 69.8 Å². The van der Waals surface area contributed by atoms with Crippen LogP contribution in [0.1, 0.15) is 44.5 Å². The molecular weight excluding hydrogens is 924 g/mol. The number of hydrogen-bond donors (Lipinski definition) is 2. The summed E-state index contributed by atoms with van der Waals surface area (Å²) in [6, 6.07) is 23.0. The monoisotopic (exact) mass is 960 g/mol. The average Bonchev–Trinajstić information content (AvgIpc) is 3.90. The Bertz CT molecular complexity index is 3490. The summed E-state index contributed by atoms with van der Waals surface area (Å²) < 4.78 is 32.7. The van der Waals surface area contributed by atoms with E-state index < -0.39 is 0 Å². The molecule has 0 amide bonds. The lowest BCUT2D eigenvalue weighted by Gasteiger charge is -2.10. The van der Waals surface area contributed by atoms with E-state index >= 15 is 0 Å². The summed E-state index contributed by atoms with van der Waals surface area (Å²) in [5, 5.41) is 19.7. The zero-order valence-corrected chi connectivity index (χ0v) is 38.8. The van der Waals surface area contributed by atoms with Gasteiger partial charge in [0.2, 0.25) is 10.6 Å². The van der Waals surface area contributed by atoms with Gasteiger partial charge in [-0.25, -0.2) is 8.78 Å². The summed E-state index contributed by atoms with van der Waals surface area (Å²) in [5.41, 5.74) is 8.89. The molecule has 0 atom stereocenters. The first-order valence-electron chi connectivity index (χ1n) is 20.6. The maximum absolute atomic E-state index is 14.6. The minimum Gasteiger partial charge on any atom is -0.365 e. The number of benzene rings is 4. The van der Waals surface area contributed by atoms with Crippen LogP contribution in [0.2, 0.25) is 20.6 Å². The minimum absolute atomic E-state index is 0.0501. The highest BCUT2D eigenvalue weighted by molar-refractivity contribution is 6.32. The summed E-state index contributed by atoms with van der Waals surface area (Å²) >= 11 is 24.7. The largest absolute Gasteiger partial charge is 0.365 e. The Morgan fingerprint density at radius 2 is 1.08 bits per heavy atom. The van der Waals surface area contributed by atoms with Crippen LogP contribution in [0, 0.1) is 39.3 Å². The fourth-order valence-electron chi connectivity index (χ4n) is 7.62. The Morgan fingerprint density at radius 1 is 0.545 bits per heavy atom. The summed E-state index contributed by atoms with van der Waals surface area (Å²) in [7, 11) is 0. The first-order valence-corrected chi connectivity index (χ1v) is 22.1. The molecule has 0 radical (unpaired) electrons. The van der Waals surface area contributed by atoms with Crippen LogP contribution >= 0.6 is 46.4 Å². The molecule has 10 rings (SSSR count). The topological polar surface area (TPSA) is 137 Å². The molecule has 0 aliphatic carbocycles. The minimum atomic E-state index is -0.346. The SMILES string of the molecule is Cc1ccc(Cl)c(CNc2nc(Cl)nc3nn(Cc4cnc5cccc(C)c5c4)cc23)c1F.Cc1cnc2cccc(Cn3cc4c(NCc5c(Cl)ccc(C)c5F)nc(Cl)nc4n3)c2c1. The van der Waals surface area contributed by atoms with Gasteiger partial charge in [-0.1, -0.05) is 59.6 Å². The van der Waals surface area contributed by atoms with Crippen molar-refractivity contribution in [3.8, 4) is 0 Å². The maximum Gasteiger partial charge on any atom is 0.226 e. The summed E-state index contributed by atoms with van der Waals surface area (Å²) in [6.45, 7) is 8.80. The number of hydrogen-bond acceptors (Lipinski definition) is 10. The van der Waals surface area contributed by atoms with E-state index in [0.29, 0.717) is 79.1 Å². The third-order valence-electron chi connectivity index (χ3n) is 11.1. The molecule has 0 spiro atoms. The van der Waals surface area contributed by atoms with E-state index in [1.165, 1.54) is 5.56 Å². The first kappa shape index (κ1) is 44.6. The molecule has 332 valence electrons. The average molecular weight is 963 g/mol. The molecule has 0 aliphatic heterocycles. The lowest BCUT2D eigenvalue weighted by molar-refractivity contribution is 0.603. The van der Waals surface area contributed by atoms with Gasteiger partial charge in [-0.3, -0.25) is 19.3 Å². The third kappa shape index (κ3) is 9.40. The molecule has 12 nitrogen and oxygen atoms in total. The van der Waals surface area contributed by atoms with Gasteiger partial charge in [-0.15, -0.1) is 0 Å². The van der Waals surface area contributed by atoms with E-state index in [1.807, 2.05) is 56.0 Å². The van der Waals surface area contributed by atoms with E-state index in [4.69, 9.17) is 46.4 Å². The highest BCUT2D eigenvalue weighted by Crippen LogP contribution is 2.29. The molecule has 6 aromatic heterocycles. The standard InChI is InChI=1S/2C24H19Cl2FN6/c1-13-8-16-15(4-3-5-20(16)28-9-13)11-33-12-18-22(30-24(26)31-23(18)32-33)29-10-17-19(25)7-6-14(2)21(17)27;1-13-4-3-5-20-16(13)8-15(9-28-20)11-33-12-18-22(30-24(26)31-23(18)32-33)29-10-17-19(25)7-6-14(2)21(17)27/h2*3-9,12H,10-11H2,1-2H3,(H,29,30,31,32). The van der Waals surface area contributed by atoms with E-state index in [-0.39, 0.29) is 35.3 Å². The van der Waals surface area contributed by atoms with Gasteiger partial charge in [0.1, 0.15) is 23.3 Å². The molecule has 2 N–H and O–H groups in total. The molecule has 66 heavy (non-hydrogen) atoms. The van der Waals surface area contributed by atoms with Crippen LogP contribution < -0.4 is 10.6 Å². The predicted octanol–water partition coefficient (Wildman–Crippen LogP) is 12.2. The van der Waals surface area contributed by atoms with Gasteiger partial charge in [0.05, 0.1) is 34.9 Å². The van der Waals surface area contributed by atoms with Gasteiger partial charge in [-0.05, 0) is 121 Å². The number of halogens is 6. The summed E-state index contributed by atoms with van der Waals surface area (Å²) in [5.74, 6) is 0.229. The Morgan fingerprint density at radius 3 is 1.67 bits per heavy atom. The van der Waals surface area contributed by atoms with Crippen LogP contribution in [0.4, 0.5) is 20.4 Å². The van der Waals surface area contributed by atoms with Crippen LogP contribution in [-0.4, -0.2) is 49.5 Å². The number of anilines is 2. The van der Waals surface area contributed by atoms with Gasteiger partial charge >= 0.3 is 0 Å². The van der Waals surface area contributed by atoms with Gasteiger partial charge in [0.15, 0.2) is 11.3 Å². The number of nitrogens with one attached hydrogen (secondary N) is 2. The summed E-state index contributed by atoms with van der Waals surface area (Å²) in [6.07, 6.45) is 7.39. The van der Waals surface area contributed by atoms with Gasteiger partial charge in [0.25, 0.3) is 0 Å². The molecule has 0 aliphatic rings. The second-order valence-corrected chi connectivity index (χ2v) is 17.3. The molecule has 18 heteroatoms. The number of aryl methyl sites for hydroxylation is 4. The lowest BCUT2D eigenvalue weighted by atomic mass is 10.1. The number of fused-ring (bicyclic) bond motifs is 4. The number of aromatic nitrogens is 10. The van der Waals surface area contributed by atoms with Crippen LogP contribution in [0.15, 0.2) is 97.6 Å². The van der Waals surface area contributed by atoms with E-state index in [1.54, 1.807) is 47.5 Å². The number of rotatable bonds is 10. The highest BCUT2D eigenvalue weighted by atomic mass is 35.5. The number of nitrogens with zero attached hydrogens (tertiary/aromatic N) is 10. The van der Waals surface area contributed by atoms with Crippen molar-refractivity contribution in [1.29, 1.82) is 0 Å². The van der Waals surface area contributed by atoms with Crippen molar-refractivity contribution in [3.05, 3.63) is 174 Å². The first-order chi connectivity index (χ1) is 31.8. The maximum atomic E-state index is 14.6.